The average molecular weight is 215 g/mol. The Kier molecular flexibility index (Phi) is 3.19. The minimum absolute atomic E-state index is 0.130. The van der Waals surface area contributed by atoms with E-state index in [1.807, 2.05) is 13.0 Å². The van der Waals surface area contributed by atoms with Gasteiger partial charge in [-0.3, -0.25) is 10.8 Å². The number of aromatic nitrogens is 3. The molecule has 0 aliphatic carbocycles. The molecule has 2 heterocycles. The zero-order valence-corrected chi connectivity index (χ0v) is 8.96. The van der Waals surface area contributed by atoms with Crippen LogP contribution >= 0.6 is 0 Å². The summed E-state index contributed by atoms with van der Waals surface area (Å²) >= 11 is 0. The Morgan fingerprint density at radius 2 is 1.94 bits per heavy atom. The van der Waals surface area contributed by atoms with Crippen molar-refractivity contribution < 1.29 is 0 Å². The average Bonchev–Trinajstić information content (AvgIpc) is 2.34. The third kappa shape index (κ3) is 2.05. The fraction of sp³-hybridized carbons (Fsp3) is 0.182. The van der Waals surface area contributed by atoms with Gasteiger partial charge in [-0.15, -0.1) is 0 Å². The van der Waals surface area contributed by atoms with Crippen LogP contribution in [0.1, 0.15) is 22.7 Å². The number of rotatable bonds is 3. The third-order valence-corrected chi connectivity index (χ3v) is 2.47. The van der Waals surface area contributed by atoms with Crippen molar-refractivity contribution in [2.45, 2.75) is 13.0 Å². The second kappa shape index (κ2) is 4.78. The molecule has 0 saturated carbocycles. The summed E-state index contributed by atoms with van der Waals surface area (Å²) in [5.74, 6) is 5.57. The lowest BCUT2D eigenvalue weighted by Crippen LogP contribution is -2.29. The van der Waals surface area contributed by atoms with Crippen molar-refractivity contribution in [3.05, 3.63) is 53.9 Å². The van der Waals surface area contributed by atoms with Crippen LogP contribution in [0.5, 0.6) is 0 Å². The maximum atomic E-state index is 5.57. The van der Waals surface area contributed by atoms with Crippen LogP contribution in [0.2, 0.25) is 0 Å². The molecule has 2 rings (SSSR count). The summed E-state index contributed by atoms with van der Waals surface area (Å²) in [7, 11) is 0. The van der Waals surface area contributed by atoms with E-state index >= 15 is 0 Å². The van der Waals surface area contributed by atoms with Gasteiger partial charge in [0.05, 0.1) is 6.04 Å². The summed E-state index contributed by atoms with van der Waals surface area (Å²) < 4.78 is 0. The van der Waals surface area contributed by atoms with Crippen molar-refractivity contribution in [3.8, 4) is 0 Å². The molecule has 0 amide bonds. The third-order valence-electron chi connectivity index (χ3n) is 2.47. The molecule has 5 nitrogen and oxygen atoms in total. The summed E-state index contributed by atoms with van der Waals surface area (Å²) in [5, 5.41) is 0. The van der Waals surface area contributed by atoms with E-state index in [2.05, 4.69) is 20.4 Å². The van der Waals surface area contributed by atoms with Gasteiger partial charge in [0.15, 0.2) is 0 Å². The van der Waals surface area contributed by atoms with Gasteiger partial charge in [0.1, 0.15) is 6.33 Å². The minimum atomic E-state index is -0.130. The van der Waals surface area contributed by atoms with Gasteiger partial charge in [-0.1, -0.05) is 0 Å². The highest BCUT2D eigenvalue weighted by Gasteiger charge is 2.14. The molecule has 5 heteroatoms. The number of hydrazine groups is 1. The van der Waals surface area contributed by atoms with E-state index in [4.69, 9.17) is 5.84 Å². The summed E-state index contributed by atoms with van der Waals surface area (Å²) in [6.07, 6.45) is 8.53. The van der Waals surface area contributed by atoms with E-state index in [9.17, 15) is 0 Å². The quantitative estimate of drug-likeness (QED) is 0.583. The van der Waals surface area contributed by atoms with Crippen LogP contribution in [0.25, 0.3) is 0 Å². The standard InChI is InChI=1S/C11H13N5/c1-8-2-3-13-6-10(8)11(16-12)9-4-14-7-15-5-9/h2-7,11,16H,12H2,1H3. The molecular weight excluding hydrogens is 202 g/mol. The Hall–Kier alpha value is -1.85. The molecule has 16 heavy (non-hydrogen) atoms. The predicted octanol–water partition coefficient (Wildman–Crippen LogP) is 0.733. The van der Waals surface area contributed by atoms with E-state index in [0.717, 1.165) is 16.7 Å². The van der Waals surface area contributed by atoms with E-state index in [0.29, 0.717) is 0 Å². The van der Waals surface area contributed by atoms with Crippen molar-refractivity contribution in [2.24, 2.45) is 5.84 Å². The Morgan fingerprint density at radius 3 is 2.56 bits per heavy atom. The van der Waals surface area contributed by atoms with Crippen LogP contribution in [0.4, 0.5) is 0 Å². The van der Waals surface area contributed by atoms with Gasteiger partial charge in [0.25, 0.3) is 0 Å². The smallest absolute Gasteiger partial charge is 0.115 e. The molecule has 3 N–H and O–H groups in total. The van der Waals surface area contributed by atoms with Crippen LogP contribution in [-0.2, 0) is 0 Å². The number of hydrogen-bond donors (Lipinski definition) is 2. The second-order valence-corrected chi connectivity index (χ2v) is 3.50. The molecule has 0 saturated heterocycles. The maximum absolute atomic E-state index is 5.57. The molecule has 1 atom stereocenters. The number of nitrogens with zero attached hydrogens (tertiary/aromatic N) is 3. The fourth-order valence-corrected chi connectivity index (χ4v) is 1.60. The van der Waals surface area contributed by atoms with Gasteiger partial charge in [-0.2, -0.15) is 0 Å². The second-order valence-electron chi connectivity index (χ2n) is 3.50. The first kappa shape index (κ1) is 10.7. The zero-order valence-electron chi connectivity index (χ0n) is 8.96. The topological polar surface area (TPSA) is 76.7 Å². The Balaban J connectivity index is 2.41. The van der Waals surface area contributed by atoms with Gasteiger partial charge in [0.2, 0.25) is 0 Å². The molecule has 0 aliphatic heterocycles. The van der Waals surface area contributed by atoms with Crippen molar-refractivity contribution in [2.75, 3.05) is 0 Å². The zero-order chi connectivity index (χ0) is 11.4. The maximum Gasteiger partial charge on any atom is 0.115 e. The first-order chi connectivity index (χ1) is 7.83. The lowest BCUT2D eigenvalue weighted by molar-refractivity contribution is 0.626. The van der Waals surface area contributed by atoms with E-state index in [1.165, 1.54) is 6.33 Å². The largest absolute Gasteiger partial charge is 0.271 e. The number of pyridine rings is 1. The van der Waals surface area contributed by atoms with Crippen molar-refractivity contribution in [3.63, 3.8) is 0 Å². The monoisotopic (exact) mass is 215 g/mol. The van der Waals surface area contributed by atoms with E-state index in [-0.39, 0.29) is 6.04 Å². The summed E-state index contributed by atoms with van der Waals surface area (Å²) in [6.45, 7) is 2.02. The lowest BCUT2D eigenvalue weighted by atomic mass is 10.00. The number of hydrogen-bond acceptors (Lipinski definition) is 5. The molecule has 0 spiro atoms. The van der Waals surface area contributed by atoms with Crippen molar-refractivity contribution >= 4 is 0 Å². The Labute approximate surface area is 93.7 Å². The normalized spacial score (nSPS) is 12.4. The molecule has 1 unspecified atom stereocenters. The number of aryl methyl sites for hydroxylation is 1. The molecule has 2 aromatic heterocycles. The van der Waals surface area contributed by atoms with Crippen LogP contribution in [0.15, 0.2) is 37.2 Å². The molecule has 82 valence electrons. The highest BCUT2D eigenvalue weighted by molar-refractivity contribution is 5.32. The minimum Gasteiger partial charge on any atom is -0.271 e. The van der Waals surface area contributed by atoms with Crippen LogP contribution in [0, 0.1) is 6.92 Å². The molecule has 0 bridgehead atoms. The highest BCUT2D eigenvalue weighted by atomic mass is 15.2. The van der Waals surface area contributed by atoms with E-state index < -0.39 is 0 Å². The molecule has 0 aromatic carbocycles. The fourth-order valence-electron chi connectivity index (χ4n) is 1.60. The molecule has 0 fully saturated rings. The SMILES string of the molecule is Cc1ccncc1C(NN)c1cncnc1. The lowest BCUT2D eigenvalue weighted by Gasteiger charge is -2.17. The molecular formula is C11H13N5. The van der Waals surface area contributed by atoms with Gasteiger partial charge >= 0.3 is 0 Å². The van der Waals surface area contributed by atoms with Crippen molar-refractivity contribution in [1.82, 2.24) is 20.4 Å². The highest BCUT2D eigenvalue weighted by Crippen LogP contribution is 2.21. The van der Waals surface area contributed by atoms with Gasteiger partial charge < -0.3 is 0 Å². The number of nitrogens with one attached hydrogen (secondary N) is 1. The predicted molar refractivity (Wildman–Crippen MR) is 60.2 cm³/mol. The summed E-state index contributed by atoms with van der Waals surface area (Å²) in [5.41, 5.74) is 5.83. The first-order valence-corrected chi connectivity index (χ1v) is 4.94. The van der Waals surface area contributed by atoms with Crippen LogP contribution < -0.4 is 11.3 Å². The van der Waals surface area contributed by atoms with Crippen molar-refractivity contribution in [1.29, 1.82) is 0 Å². The van der Waals surface area contributed by atoms with E-state index in [1.54, 1.807) is 24.8 Å². The summed E-state index contributed by atoms with van der Waals surface area (Å²) in [6, 6.07) is 1.82. The Morgan fingerprint density at radius 1 is 1.19 bits per heavy atom. The van der Waals surface area contributed by atoms with Crippen LogP contribution in [-0.4, -0.2) is 15.0 Å². The molecule has 0 radical (unpaired) electrons. The summed E-state index contributed by atoms with van der Waals surface area (Å²) in [4.78, 5) is 12.1. The van der Waals surface area contributed by atoms with Gasteiger partial charge in [0, 0.05) is 30.4 Å². The molecule has 2 aromatic rings. The van der Waals surface area contributed by atoms with Gasteiger partial charge in [-0.05, 0) is 24.1 Å². The van der Waals surface area contributed by atoms with Gasteiger partial charge in [-0.25, -0.2) is 15.4 Å². The first-order valence-electron chi connectivity index (χ1n) is 4.94. The molecule has 0 aliphatic rings. The van der Waals surface area contributed by atoms with Crippen LogP contribution in [0.3, 0.4) is 0 Å². The Bertz CT molecular complexity index is 457. The number of nitrogens with two attached hydrogens (primary N) is 1.